The second-order valence-electron chi connectivity index (χ2n) is 10.1. The number of hydrogen-bond donors (Lipinski definition) is 2. The zero-order valence-electron chi connectivity index (χ0n) is 21.0. The maximum Gasteiger partial charge on any atom is 0.264 e. The minimum absolute atomic E-state index is 0.0858. The van der Waals surface area contributed by atoms with Crippen molar-refractivity contribution in [1.29, 1.82) is 5.26 Å². The summed E-state index contributed by atoms with van der Waals surface area (Å²) in [5, 5.41) is 11.9. The van der Waals surface area contributed by atoms with E-state index in [-0.39, 0.29) is 22.3 Å². The van der Waals surface area contributed by atoms with Gasteiger partial charge in [-0.1, -0.05) is 0 Å². The van der Waals surface area contributed by atoms with Gasteiger partial charge >= 0.3 is 0 Å². The molecule has 1 aromatic carbocycles. The number of quaternary nitrogens is 1. The van der Waals surface area contributed by atoms with Crippen molar-refractivity contribution < 1.29 is 14.2 Å². The lowest BCUT2D eigenvalue weighted by Gasteiger charge is -2.35. The van der Waals surface area contributed by atoms with Crippen LogP contribution >= 0.6 is 0 Å². The number of aliphatic imine (C=N–C) groups is 2. The Balaban J connectivity index is 1.29. The van der Waals surface area contributed by atoms with Crippen LogP contribution < -0.4 is 11.2 Å². The number of aromatic nitrogens is 1. The number of pyridine rings is 1. The summed E-state index contributed by atoms with van der Waals surface area (Å²) in [6, 6.07) is 11.0. The van der Waals surface area contributed by atoms with Crippen molar-refractivity contribution in [3.05, 3.63) is 82.6 Å². The number of nitrogens with two attached hydrogens (primary N) is 1. The first kappa shape index (κ1) is 23.9. The van der Waals surface area contributed by atoms with Crippen LogP contribution in [0.2, 0.25) is 0 Å². The largest absolute Gasteiger partial charge is 0.339 e. The van der Waals surface area contributed by atoms with Gasteiger partial charge in [0.25, 0.3) is 11.7 Å². The first-order chi connectivity index (χ1) is 18.4. The summed E-state index contributed by atoms with van der Waals surface area (Å²) < 4.78 is -0.109. The number of benzene rings is 1. The lowest BCUT2D eigenvalue weighted by atomic mass is 9.90. The maximum absolute atomic E-state index is 13.0. The van der Waals surface area contributed by atoms with Crippen molar-refractivity contribution in [2.75, 3.05) is 11.9 Å². The summed E-state index contributed by atoms with van der Waals surface area (Å²) >= 11 is 0. The van der Waals surface area contributed by atoms with Crippen LogP contribution in [-0.2, 0) is 4.79 Å². The van der Waals surface area contributed by atoms with Crippen molar-refractivity contribution in [3.63, 3.8) is 0 Å². The number of rotatable bonds is 4. The molecule has 10 heteroatoms. The van der Waals surface area contributed by atoms with Gasteiger partial charge in [0.05, 0.1) is 29.6 Å². The SMILES string of the molecule is Cc1cc(C2=NC([C@@H]3CC[C@H]4CCC(=O)N4C3)=C3C=NC=C[N+]23N)ccc1C(=O)Nc1cc(C#N)ccn1. The fourth-order valence-corrected chi connectivity index (χ4v) is 5.81. The number of nitrogens with zero attached hydrogens (tertiary/aromatic N) is 6. The van der Waals surface area contributed by atoms with Crippen molar-refractivity contribution in [1.82, 2.24) is 9.88 Å². The minimum Gasteiger partial charge on any atom is -0.339 e. The van der Waals surface area contributed by atoms with Gasteiger partial charge in [-0.3, -0.25) is 14.6 Å². The molecule has 0 aliphatic carbocycles. The van der Waals surface area contributed by atoms with E-state index in [1.54, 1.807) is 30.7 Å². The highest BCUT2D eigenvalue weighted by molar-refractivity contribution is 6.06. The minimum atomic E-state index is -0.321. The van der Waals surface area contributed by atoms with E-state index in [2.05, 4.69) is 15.3 Å². The predicted octanol–water partition coefficient (Wildman–Crippen LogP) is 3.13. The molecule has 6 rings (SSSR count). The number of nitrogens with one attached hydrogen (secondary N) is 1. The van der Waals surface area contributed by atoms with Crippen LogP contribution in [0.25, 0.3) is 0 Å². The summed E-state index contributed by atoms with van der Waals surface area (Å²) in [5.41, 5.74) is 4.12. The fraction of sp³-hybridized carbons (Fsp3) is 0.286. The molecule has 2 saturated heterocycles. The number of amides is 2. The second kappa shape index (κ2) is 9.13. The molecule has 1 aromatic heterocycles. The van der Waals surface area contributed by atoms with Crippen LogP contribution in [0.1, 0.15) is 52.7 Å². The third-order valence-electron chi connectivity index (χ3n) is 7.79. The van der Waals surface area contributed by atoms with Gasteiger partial charge < -0.3 is 10.2 Å². The Morgan fingerprint density at radius 2 is 2.11 bits per heavy atom. The Morgan fingerprint density at radius 1 is 1.24 bits per heavy atom. The van der Waals surface area contributed by atoms with Gasteiger partial charge in [0.15, 0.2) is 0 Å². The zero-order chi connectivity index (χ0) is 26.4. The quantitative estimate of drug-likeness (QED) is 0.484. The Bertz CT molecular complexity index is 1530. The van der Waals surface area contributed by atoms with E-state index < -0.39 is 0 Å². The molecule has 4 aliphatic heterocycles. The van der Waals surface area contributed by atoms with Crippen LogP contribution in [0.4, 0.5) is 5.82 Å². The number of carbonyl (C=O) groups is 2. The molecule has 10 nitrogen and oxygen atoms in total. The molecule has 4 aliphatic rings. The molecular weight excluding hydrogens is 480 g/mol. The van der Waals surface area contributed by atoms with Crippen molar-refractivity contribution >= 4 is 29.7 Å². The van der Waals surface area contributed by atoms with Crippen LogP contribution in [-0.4, -0.2) is 50.9 Å². The highest BCUT2D eigenvalue weighted by Gasteiger charge is 2.48. The van der Waals surface area contributed by atoms with E-state index in [1.807, 2.05) is 30.0 Å². The van der Waals surface area contributed by atoms with Gasteiger partial charge in [0, 0.05) is 36.7 Å². The molecule has 0 bridgehead atoms. The molecule has 1 unspecified atom stereocenters. The number of piperidine rings is 1. The number of aryl methyl sites for hydroxylation is 1. The van der Waals surface area contributed by atoms with Gasteiger partial charge in [0.1, 0.15) is 17.7 Å². The fourth-order valence-electron chi connectivity index (χ4n) is 5.81. The summed E-state index contributed by atoms with van der Waals surface area (Å²) in [5.74, 6) is 7.87. The Kier molecular flexibility index (Phi) is 5.75. The molecule has 0 radical (unpaired) electrons. The first-order valence-electron chi connectivity index (χ1n) is 12.7. The van der Waals surface area contributed by atoms with Crippen molar-refractivity contribution in [3.8, 4) is 6.07 Å². The van der Waals surface area contributed by atoms with Crippen LogP contribution in [0.15, 0.2) is 70.3 Å². The highest BCUT2D eigenvalue weighted by Crippen LogP contribution is 2.40. The first-order valence-corrected chi connectivity index (χ1v) is 12.7. The smallest absolute Gasteiger partial charge is 0.264 e. The zero-order valence-corrected chi connectivity index (χ0v) is 21.0. The van der Waals surface area contributed by atoms with E-state index in [0.717, 1.165) is 41.8 Å². The number of carbonyl (C=O) groups excluding carboxylic acids is 2. The predicted molar refractivity (Wildman–Crippen MR) is 141 cm³/mol. The Labute approximate surface area is 220 Å². The van der Waals surface area contributed by atoms with Gasteiger partial charge in [0.2, 0.25) is 11.6 Å². The van der Waals surface area contributed by atoms with E-state index >= 15 is 0 Å². The normalized spacial score (nSPS) is 25.7. The average molecular weight is 508 g/mol. The average Bonchev–Trinajstić information content (AvgIpc) is 3.45. The summed E-state index contributed by atoms with van der Waals surface area (Å²) in [4.78, 5) is 40.9. The van der Waals surface area contributed by atoms with Crippen LogP contribution in [0, 0.1) is 24.2 Å². The van der Waals surface area contributed by atoms with E-state index in [0.29, 0.717) is 41.8 Å². The van der Waals surface area contributed by atoms with Gasteiger partial charge in [-0.15, -0.1) is 4.59 Å². The van der Waals surface area contributed by atoms with Crippen molar-refractivity contribution in [2.24, 2.45) is 21.7 Å². The van der Waals surface area contributed by atoms with E-state index in [1.165, 1.54) is 12.3 Å². The number of nitriles is 1. The van der Waals surface area contributed by atoms with E-state index in [4.69, 9.17) is 16.1 Å². The molecule has 3 N–H and O–H groups in total. The monoisotopic (exact) mass is 507 g/mol. The molecule has 190 valence electrons. The van der Waals surface area contributed by atoms with Gasteiger partial charge in [-0.25, -0.2) is 4.98 Å². The molecule has 2 aromatic rings. The summed E-state index contributed by atoms with van der Waals surface area (Å²) in [6.07, 6.45) is 10.2. The Hall–Kier alpha value is -4.46. The molecule has 0 saturated carbocycles. The summed E-state index contributed by atoms with van der Waals surface area (Å²) in [7, 11) is 0. The van der Waals surface area contributed by atoms with Crippen LogP contribution in [0.3, 0.4) is 0 Å². The lowest BCUT2D eigenvalue weighted by molar-refractivity contribution is -0.750. The van der Waals surface area contributed by atoms with Crippen molar-refractivity contribution in [2.45, 2.75) is 38.6 Å². The molecule has 0 spiro atoms. The molecule has 5 heterocycles. The van der Waals surface area contributed by atoms with Gasteiger partial charge in [-0.2, -0.15) is 16.1 Å². The topological polar surface area (TPSA) is 137 Å². The number of allylic oxidation sites excluding steroid dienone is 1. The Morgan fingerprint density at radius 3 is 2.92 bits per heavy atom. The van der Waals surface area contributed by atoms with E-state index in [9.17, 15) is 9.59 Å². The van der Waals surface area contributed by atoms with Crippen LogP contribution in [0.5, 0.6) is 0 Å². The number of fused-ring (bicyclic) bond motifs is 2. The molecule has 38 heavy (non-hydrogen) atoms. The van der Waals surface area contributed by atoms with Gasteiger partial charge in [-0.05, 0) is 62.1 Å². The second-order valence-corrected chi connectivity index (χ2v) is 10.1. The third kappa shape index (κ3) is 3.93. The molecule has 2 fully saturated rings. The highest BCUT2D eigenvalue weighted by atomic mass is 16.2. The summed E-state index contributed by atoms with van der Waals surface area (Å²) in [6.45, 7) is 2.51. The number of hydrogen-bond acceptors (Lipinski definition) is 7. The maximum atomic E-state index is 13.0. The number of anilines is 1. The number of amidine groups is 1. The lowest BCUT2D eigenvalue weighted by Crippen LogP contribution is -2.53. The molecule has 3 atom stereocenters. The molecule has 2 amide bonds. The molecular formula is C28H27N8O2+. The standard InChI is InChI=1S/C28H26N8O2/c1-17-12-19(3-6-22(17)28(38)33-24-13-18(14-29)8-9-32-24)27-34-26(23-15-31-10-11-36(23,27)30)20-2-4-21-5-7-25(37)35(21)16-20/h3,6,8-13,15,20-21H,2,4-5,7,16,30H2,1H3/p+1/t20-,21+,36?/m1/s1. The third-order valence-corrected chi connectivity index (χ3v) is 7.79.